The number of rotatable bonds is 6. The Morgan fingerprint density at radius 1 is 1.17 bits per heavy atom. The van der Waals surface area contributed by atoms with Crippen LogP contribution in [-0.4, -0.2) is 34.9 Å². The van der Waals surface area contributed by atoms with Crippen LogP contribution >= 0.6 is 0 Å². The van der Waals surface area contributed by atoms with Crippen LogP contribution in [0.15, 0.2) is 48.7 Å². The number of anilines is 1. The number of hydrogen-bond donors (Lipinski definition) is 2. The second kappa shape index (κ2) is 7.87. The number of carboxylic acids is 1. The molecule has 2 N–H and O–H groups in total. The third-order valence-corrected chi connectivity index (χ3v) is 5.22. The Hall–Kier alpha value is -3.48. The fourth-order valence-corrected chi connectivity index (χ4v) is 3.38. The van der Waals surface area contributed by atoms with Crippen LogP contribution in [0.25, 0.3) is 10.9 Å². The van der Waals surface area contributed by atoms with Crippen molar-refractivity contribution < 1.29 is 24.2 Å². The first-order chi connectivity index (χ1) is 14.0. The highest BCUT2D eigenvalue weighted by Gasteiger charge is 2.21. The molecule has 29 heavy (non-hydrogen) atoms. The molecule has 1 saturated carbocycles. The van der Waals surface area contributed by atoms with Gasteiger partial charge in [-0.3, -0.25) is 5.32 Å². The van der Waals surface area contributed by atoms with Gasteiger partial charge in [-0.1, -0.05) is 12.1 Å². The van der Waals surface area contributed by atoms with Crippen LogP contribution in [0.4, 0.5) is 10.5 Å². The molecular formula is C22H22N2O5. The van der Waals surface area contributed by atoms with Gasteiger partial charge < -0.3 is 19.1 Å². The summed E-state index contributed by atoms with van der Waals surface area (Å²) in [7, 11) is 1.52. The van der Waals surface area contributed by atoms with E-state index in [0.29, 0.717) is 18.0 Å². The number of nitrogens with one attached hydrogen (secondary N) is 1. The zero-order valence-electron chi connectivity index (χ0n) is 16.1. The molecule has 2 aromatic carbocycles. The molecule has 1 aromatic heterocycles. The maximum absolute atomic E-state index is 12.0. The van der Waals surface area contributed by atoms with Gasteiger partial charge in [0.05, 0.1) is 24.7 Å². The molecule has 0 bridgehead atoms. The van der Waals surface area contributed by atoms with Gasteiger partial charge >= 0.3 is 12.1 Å². The van der Waals surface area contributed by atoms with Crippen molar-refractivity contribution in [2.24, 2.45) is 0 Å². The fourth-order valence-electron chi connectivity index (χ4n) is 3.38. The molecule has 1 amide bonds. The minimum Gasteiger partial charge on any atom is -0.496 e. The Labute approximate surface area is 167 Å². The third kappa shape index (κ3) is 4.03. The highest BCUT2D eigenvalue weighted by molar-refractivity contribution is 5.90. The number of aromatic nitrogens is 1. The van der Waals surface area contributed by atoms with E-state index >= 15 is 0 Å². The lowest BCUT2D eigenvalue weighted by Gasteiger charge is -2.25. The maximum Gasteiger partial charge on any atom is 0.411 e. The molecule has 4 rings (SSSR count). The first-order valence-corrected chi connectivity index (χ1v) is 9.50. The number of carboxylic acid groups (broad SMARTS) is 1. The first kappa shape index (κ1) is 18.9. The molecular weight excluding hydrogens is 372 g/mol. The number of aromatic carboxylic acids is 1. The lowest BCUT2D eigenvalue weighted by atomic mass is 9.96. The van der Waals surface area contributed by atoms with E-state index in [1.165, 1.54) is 13.2 Å². The van der Waals surface area contributed by atoms with Crippen LogP contribution < -0.4 is 10.1 Å². The van der Waals surface area contributed by atoms with Gasteiger partial charge in [0.2, 0.25) is 0 Å². The normalized spacial score (nSPS) is 13.7. The predicted molar refractivity (Wildman–Crippen MR) is 109 cm³/mol. The molecule has 0 saturated heterocycles. The summed E-state index contributed by atoms with van der Waals surface area (Å²) in [5.74, 6) is -0.476. The molecule has 0 atom stereocenters. The summed E-state index contributed by atoms with van der Waals surface area (Å²) in [5.41, 5.74) is 2.64. The summed E-state index contributed by atoms with van der Waals surface area (Å²) >= 11 is 0. The van der Waals surface area contributed by atoms with E-state index < -0.39 is 12.1 Å². The van der Waals surface area contributed by atoms with E-state index in [0.717, 1.165) is 35.7 Å². The highest BCUT2D eigenvalue weighted by Crippen LogP contribution is 2.26. The number of methoxy groups -OCH3 is 1. The van der Waals surface area contributed by atoms with E-state index in [-0.39, 0.29) is 11.7 Å². The first-order valence-electron chi connectivity index (χ1n) is 9.50. The Balaban J connectivity index is 1.56. The lowest BCUT2D eigenvalue weighted by Crippen LogP contribution is -2.27. The molecule has 0 radical (unpaired) electrons. The zero-order valence-corrected chi connectivity index (χ0v) is 16.1. The largest absolute Gasteiger partial charge is 0.496 e. The average Bonchev–Trinajstić information content (AvgIpc) is 3.07. The Kier molecular flexibility index (Phi) is 5.12. The van der Waals surface area contributed by atoms with Crippen molar-refractivity contribution in [1.82, 2.24) is 4.57 Å². The molecule has 0 aliphatic heterocycles. The van der Waals surface area contributed by atoms with E-state index in [4.69, 9.17) is 14.6 Å². The summed E-state index contributed by atoms with van der Waals surface area (Å²) in [6.45, 7) is 0.503. The predicted octanol–water partition coefficient (Wildman–Crippen LogP) is 4.50. The van der Waals surface area contributed by atoms with Crippen LogP contribution in [0.3, 0.4) is 0 Å². The van der Waals surface area contributed by atoms with E-state index in [1.54, 1.807) is 12.1 Å². The van der Waals surface area contributed by atoms with Crippen LogP contribution in [-0.2, 0) is 11.3 Å². The fraction of sp³-hybridized carbons (Fsp3) is 0.273. The topological polar surface area (TPSA) is 89.8 Å². The van der Waals surface area contributed by atoms with E-state index in [2.05, 4.69) is 5.32 Å². The molecule has 1 aliphatic carbocycles. The van der Waals surface area contributed by atoms with E-state index in [9.17, 15) is 9.59 Å². The number of benzene rings is 2. The van der Waals surface area contributed by atoms with Gasteiger partial charge in [-0.2, -0.15) is 0 Å². The number of fused-ring (bicyclic) bond motifs is 1. The van der Waals surface area contributed by atoms with Crippen molar-refractivity contribution >= 4 is 28.7 Å². The van der Waals surface area contributed by atoms with Crippen molar-refractivity contribution in [3.8, 4) is 5.75 Å². The Bertz CT molecular complexity index is 1070. The second-order valence-corrected chi connectivity index (χ2v) is 7.13. The standard InChI is InChI=1S/C22H22N2O5/c1-28-20-11-15(21(25)26)5-6-16(20)13-24-10-9-14-7-8-17(12-19(14)24)23-22(27)29-18-3-2-4-18/h5-12,18H,2-4,13H2,1H3,(H,23,27)(H,25,26). The van der Waals surface area contributed by atoms with Gasteiger partial charge in [0.15, 0.2) is 0 Å². The summed E-state index contributed by atoms with van der Waals surface area (Å²) in [5, 5.41) is 13.0. The summed E-state index contributed by atoms with van der Waals surface area (Å²) in [6, 6.07) is 12.5. The molecule has 7 heteroatoms. The number of ether oxygens (including phenoxy) is 2. The highest BCUT2D eigenvalue weighted by atomic mass is 16.6. The molecule has 7 nitrogen and oxygen atoms in total. The number of hydrogen-bond acceptors (Lipinski definition) is 4. The quantitative estimate of drug-likeness (QED) is 0.643. The van der Waals surface area contributed by atoms with Crippen LogP contribution in [0, 0.1) is 0 Å². The minimum absolute atomic E-state index is 0.0313. The number of amides is 1. The smallest absolute Gasteiger partial charge is 0.411 e. The van der Waals surface area contributed by atoms with Gasteiger partial charge in [-0.15, -0.1) is 0 Å². The third-order valence-electron chi connectivity index (χ3n) is 5.22. The van der Waals surface area contributed by atoms with Gasteiger partial charge in [0.25, 0.3) is 0 Å². The lowest BCUT2D eigenvalue weighted by molar-refractivity contribution is 0.0623. The van der Waals surface area contributed by atoms with Crippen molar-refractivity contribution in [3.63, 3.8) is 0 Å². The Morgan fingerprint density at radius 2 is 2.00 bits per heavy atom. The van der Waals surface area contributed by atoms with Crippen LogP contribution in [0.5, 0.6) is 5.75 Å². The van der Waals surface area contributed by atoms with Crippen LogP contribution in [0.1, 0.15) is 35.2 Å². The summed E-state index contributed by atoms with van der Waals surface area (Å²) in [4.78, 5) is 23.2. The summed E-state index contributed by atoms with van der Waals surface area (Å²) < 4.78 is 12.7. The number of carbonyl (C=O) groups excluding carboxylic acids is 1. The molecule has 150 valence electrons. The molecule has 3 aromatic rings. The van der Waals surface area contributed by atoms with Crippen LogP contribution in [0.2, 0.25) is 0 Å². The molecule has 0 spiro atoms. The average molecular weight is 394 g/mol. The molecule has 0 unspecified atom stereocenters. The minimum atomic E-state index is -0.995. The number of carbonyl (C=O) groups is 2. The Morgan fingerprint density at radius 3 is 2.69 bits per heavy atom. The number of nitrogens with zero attached hydrogens (tertiary/aromatic N) is 1. The van der Waals surface area contributed by atoms with Crippen molar-refractivity contribution in [3.05, 3.63) is 59.8 Å². The van der Waals surface area contributed by atoms with Gasteiger partial charge in [-0.05, 0) is 55.0 Å². The van der Waals surface area contributed by atoms with Crippen molar-refractivity contribution in [1.29, 1.82) is 0 Å². The monoisotopic (exact) mass is 394 g/mol. The molecule has 1 fully saturated rings. The van der Waals surface area contributed by atoms with Gasteiger partial charge in [0, 0.05) is 17.4 Å². The SMILES string of the molecule is COc1cc(C(=O)O)ccc1Cn1ccc2ccc(NC(=O)OC3CCC3)cc21. The van der Waals surface area contributed by atoms with Gasteiger partial charge in [-0.25, -0.2) is 9.59 Å². The van der Waals surface area contributed by atoms with Crippen molar-refractivity contribution in [2.45, 2.75) is 31.9 Å². The second-order valence-electron chi connectivity index (χ2n) is 7.13. The summed E-state index contributed by atoms with van der Waals surface area (Å²) in [6.07, 6.45) is 4.51. The zero-order chi connectivity index (χ0) is 20.4. The molecule has 1 heterocycles. The molecule has 1 aliphatic rings. The van der Waals surface area contributed by atoms with E-state index in [1.807, 2.05) is 35.0 Å². The maximum atomic E-state index is 12.0. The van der Waals surface area contributed by atoms with Crippen molar-refractivity contribution in [2.75, 3.05) is 12.4 Å². The van der Waals surface area contributed by atoms with Gasteiger partial charge in [0.1, 0.15) is 11.9 Å².